The Morgan fingerprint density at radius 2 is 1.88 bits per heavy atom. The number of ether oxygens (including phenoxy) is 1. The lowest BCUT2D eigenvalue weighted by atomic mass is 10.2. The van der Waals surface area contributed by atoms with Crippen molar-refractivity contribution in [3.8, 4) is 0 Å². The Balaban J connectivity index is 2.00. The van der Waals surface area contributed by atoms with Crippen molar-refractivity contribution >= 4 is 23.5 Å². The van der Waals surface area contributed by atoms with E-state index in [1.807, 2.05) is 0 Å². The number of nitrogens with one attached hydrogen (secondary N) is 1. The van der Waals surface area contributed by atoms with E-state index in [1.54, 1.807) is 31.2 Å². The first-order valence-corrected chi connectivity index (χ1v) is 7.33. The molecule has 0 fully saturated rings. The lowest BCUT2D eigenvalue weighted by molar-refractivity contribution is -0.124. The zero-order valence-electron chi connectivity index (χ0n) is 13.1. The molecule has 7 nitrogen and oxygen atoms in total. The summed E-state index contributed by atoms with van der Waals surface area (Å²) in [6.45, 7) is 1.73. The molecule has 0 bridgehead atoms. The highest BCUT2D eigenvalue weighted by Gasteiger charge is 2.22. The van der Waals surface area contributed by atoms with Gasteiger partial charge in [-0.3, -0.25) is 14.6 Å². The second kappa shape index (κ2) is 7.87. The zero-order chi connectivity index (χ0) is 17.5. The summed E-state index contributed by atoms with van der Waals surface area (Å²) in [5.41, 5.74) is 6.24. The number of nitrogens with zero attached hydrogens (tertiary/aromatic N) is 1. The van der Waals surface area contributed by atoms with Gasteiger partial charge in [-0.25, -0.2) is 4.79 Å². The number of hydrogen-bond donors (Lipinski definition) is 2. The van der Waals surface area contributed by atoms with Gasteiger partial charge in [0.25, 0.3) is 5.91 Å². The van der Waals surface area contributed by atoms with Crippen molar-refractivity contribution in [3.63, 3.8) is 0 Å². The Bertz CT molecular complexity index is 729. The molecule has 2 aromatic rings. The number of primary amides is 1. The Morgan fingerprint density at radius 3 is 2.42 bits per heavy atom. The van der Waals surface area contributed by atoms with E-state index in [1.165, 1.54) is 24.5 Å². The standard InChI is InChI=1S/C17H17N3O4/c1-2-14(24-17(23)12-4-3-9-19-10-12)16(22)20-13-7-5-11(6-8-13)15(18)21/h3-10,14H,2H2,1H3,(H2,18,21)(H,20,22). The third-order valence-electron chi connectivity index (χ3n) is 3.25. The highest BCUT2D eigenvalue weighted by Crippen LogP contribution is 2.12. The molecule has 1 aromatic carbocycles. The molecule has 1 aromatic heterocycles. The Morgan fingerprint density at radius 1 is 1.17 bits per heavy atom. The van der Waals surface area contributed by atoms with Gasteiger partial charge in [0.15, 0.2) is 6.10 Å². The van der Waals surface area contributed by atoms with Crippen molar-refractivity contribution in [3.05, 3.63) is 59.9 Å². The van der Waals surface area contributed by atoms with Crippen molar-refractivity contribution < 1.29 is 19.1 Å². The number of benzene rings is 1. The fraction of sp³-hybridized carbons (Fsp3) is 0.176. The molecule has 0 spiro atoms. The van der Waals surface area contributed by atoms with E-state index >= 15 is 0 Å². The molecule has 2 rings (SSSR count). The number of carbonyl (C=O) groups is 3. The molecule has 1 heterocycles. The summed E-state index contributed by atoms with van der Waals surface area (Å²) in [4.78, 5) is 39.1. The quantitative estimate of drug-likeness (QED) is 0.785. The molecule has 0 aliphatic rings. The second-order valence-corrected chi connectivity index (χ2v) is 4.97. The molecule has 1 atom stereocenters. The van der Waals surface area contributed by atoms with Gasteiger partial charge in [0.2, 0.25) is 5.91 Å². The van der Waals surface area contributed by atoms with Crippen LogP contribution in [0.2, 0.25) is 0 Å². The molecule has 0 saturated heterocycles. The van der Waals surface area contributed by atoms with E-state index in [-0.39, 0.29) is 5.56 Å². The third-order valence-corrected chi connectivity index (χ3v) is 3.25. The van der Waals surface area contributed by atoms with Crippen LogP contribution in [0.4, 0.5) is 5.69 Å². The van der Waals surface area contributed by atoms with Crippen LogP contribution in [0, 0.1) is 0 Å². The van der Waals surface area contributed by atoms with E-state index in [0.29, 0.717) is 17.7 Å². The van der Waals surface area contributed by atoms with Crippen LogP contribution in [0.1, 0.15) is 34.1 Å². The number of aromatic nitrogens is 1. The fourth-order valence-electron chi connectivity index (χ4n) is 1.94. The van der Waals surface area contributed by atoms with Gasteiger partial charge in [0.1, 0.15) is 0 Å². The molecule has 124 valence electrons. The van der Waals surface area contributed by atoms with Crippen LogP contribution < -0.4 is 11.1 Å². The molecule has 1 unspecified atom stereocenters. The van der Waals surface area contributed by atoms with Gasteiger partial charge in [-0.05, 0) is 42.8 Å². The van der Waals surface area contributed by atoms with E-state index in [0.717, 1.165) is 0 Å². The maximum absolute atomic E-state index is 12.2. The first kappa shape index (κ1) is 17.1. The van der Waals surface area contributed by atoms with Gasteiger partial charge >= 0.3 is 5.97 Å². The molecule has 0 aliphatic carbocycles. The van der Waals surface area contributed by atoms with Gasteiger partial charge in [-0.15, -0.1) is 0 Å². The minimum Gasteiger partial charge on any atom is -0.449 e. The number of rotatable bonds is 6. The van der Waals surface area contributed by atoms with Crippen LogP contribution in [-0.4, -0.2) is 28.9 Å². The zero-order valence-corrected chi connectivity index (χ0v) is 13.1. The summed E-state index contributed by atoms with van der Waals surface area (Å²) in [6, 6.07) is 9.27. The number of carbonyl (C=O) groups excluding carboxylic acids is 3. The number of esters is 1. The van der Waals surface area contributed by atoms with Gasteiger partial charge in [-0.2, -0.15) is 0 Å². The summed E-state index contributed by atoms with van der Waals surface area (Å²) in [5, 5.41) is 2.63. The predicted molar refractivity (Wildman–Crippen MR) is 87.3 cm³/mol. The minimum absolute atomic E-state index is 0.273. The van der Waals surface area contributed by atoms with Gasteiger partial charge in [-0.1, -0.05) is 6.92 Å². The van der Waals surface area contributed by atoms with Gasteiger partial charge in [0.05, 0.1) is 5.56 Å². The molecule has 3 N–H and O–H groups in total. The molecular weight excluding hydrogens is 310 g/mol. The highest BCUT2D eigenvalue weighted by molar-refractivity contribution is 5.98. The minimum atomic E-state index is -0.937. The van der Waals surface area contributed by atoms with Gasteiger partial charge in [0, 0.05) is 23.6 Å². The van der Waals surface area contributed by atoms with Crippen LogP contribution in [0.3, 0.4) is 0 Å². The van der Waals surface area contributed by atoms with E-state index in [2.05, 4.69) is 10.3 Å². The van der Waals surface area contributed by atoms with Crippen molar-refractivity contribution in [1.29, 1.82) is 0 Å². The van der Waals surface area contributed by atoms with E-state index in [4.69, 9.17) is 10.5 Å². The average molecular weight is 327 g/mol. The lowest BCUT2D eigenvalue weighted by Crippen LogP contribution is -2.32. The smallest absolute Gasteiger partial charge is 0.340 e. The topological polar surface area (TPSA) is 111 Å². The lowest BCUT2D eigenvalue weighted by Gasteiger charge is -2.16. The monoisotopic (exact) mass is 327 g/mol. The normalized spacial score (nSPS) is 11.4. The van der Waals surface area contributed by atoms with Crippen molar-refractivity contribution in [2.75, 3.05) is 5.32 Å². The molecular formula is C17H17N3O4. The van der Waals surface area contributed by atoms with E-state index in [9.17, 15) is 14.4 Å². The van der Waals surface area contributed by atoms with Crippen LogP contribution in [0.25, 0.3) is 0 Å². The van der Waals surface area contributed by atoms with Crippen molar-refractivity contribution in [2.45, 2.75) is 19.4 Å². The largest absolute Gasteiger partial charge is 0.449 e. The fourth-order valence-corrected chi connectivity index (χ4v) is 1.94. The molecule has 2 amide bonds. The SMILES string of the molecule is CCC(OC(=O)c1cccnc1)C(=O)Nc1ccc(C(N)=O)cc1. The second-order valence-electron chi connectivity index (χ2n) is 4.97. The Hall–Kier alpha value is -3.22. The van der Waals surface area contributed by atoms with Crippen molar-refractivity contribution in [2.24, 2.45) is 5.73 Å². The molecule has 0 saturated carbocycles. The van der Waals surface area contributed by atoms with Crippen LogP contribution in [-0.2, 0) is 9.53 Å². The summed E-state index contributed by atoms with van der Waals surface area (Å²) in [6.07, 6.45) is 2.29. The highest BCUT2D eigenvalue weighted by atomic mass is 16.5. The first-order valence-electron chi connectivity index (χ1n) is 7.33. The number of hydrogen-bond acceptors (Lipinski definition) is 5. The number of pyridine rings is 1. The maximum Gasteiger partial charge on any atom is 0.340 e. The van der Waals surface area contributed by atoms with Crippen molar-refractivity contribution in [1.82, 2.24) is 4.98 Å². The number of amides is 2. The number of anilines is 1. The average Bonchev–Trinajstić information content (AvgIpc) is 2.60. The molecule has 7 heteroatoms. The van der Waals surface area contributed by atoms with Gasteiger partial charge < -0.3 is 15.8 Å². The molecule has 0 aliphatic heterocycles. The molecule has 0 radical (unpaired) electrons. The summed E-state index contributed by atoms with van der Waals surface area (Å²) in [7, 11) is 0. The molecule has 24 heavy (non-hydrogen) atoms. The number of nitrogens with two attached hydrogens (primary N) is 1. The summed E-state index contributed by atoms with van der Waals surface area (Å²) < 4.78 is 5.22. The first-order chi connectivity index (χ1) is 11.5. The third kappa shape index (κ3) is 4.39. The Kier molecular flexibility index (Phi) is 5.62. The van der Waals surface area contributed by atoms with E-state index < -0.39 is 23.9 Å². The summed E-state index contributed by atoms with van der Waals surface area (Å²) >= 11 is 0. The predicted octanol–water partition coefficient (Wildman–Crippen LogP) is 1.75. The Labute approximate surface area is 138 Å². The summed E-state index contributed by atoms with van der Waals surface area (Å²) in [5.74, 6) is -1.62. The maximum atomic E-state index is 12.2. The van der Waals surface area contributed by atoms with Crippen LogP contribution in [0.5, 0.6) is 0 Å². The van der Waals surface area contributed by atoms with Crippen LogP contribution >= 0.6 is 0 Å². The van der Waals surface area contributed by atoms with Crippen LogP contribution in [0.15, 0.2) is 48.8 Å².